The largest absolute Gasteiger partial charge is 0.352 e. The molecule has 1 N–H and O–H groups in total. The Kier molecular flexibility index (Phi) is 6.57. The van der Waals surface area contributed by atoms with Crippen LogP contribution in [0.25, 0.3) is 11.1 Å². The number of rotatable bonds is 7. The SMILES string of the molecule is O=C(NCCc1ccc(CN2CC=CC2)cn1)c1ccc(-c2ccc(Cl)cc2)cc1. The van der Waals surface area contributed by atoms with Crippen molar-refractivity contribution in [1.82, 2.24) is 15.2 Å². The zero-order valence-electron chi connectivity index (χ0n) is 16.7. The van der Waals surface area contributed by atoms with E-state index in [1.807, 2.05) is 60.8 Å². The molecule has 0 unspecified atom stereocenters. The number of pyridine rings is 1. The summed E-state index contributed by atoms with van der Waals surface area (Å²) in [4.78, 5) is 19.3. The summed E-state index contributed by atoms with van der Waals surface area (Å²) in [5, 5.41) is 3.69. The Labute approximate surface area is 182 Å². The minimum atomic E-state index is -0.0733. The first-order valence-electron chi connectivity index (χ1n) is 10.1. The lowest BCUT2D eigenvalue weighted by molar-refractivity contribution is 0.0954. The fourth-order valence-corrected chi connectivity index (χ4v) is 3.59. The zero-order chi connectivity index (χ0) is 20.8. The van der Waals surface area contributed by atoms with E-state index in [2.05, 4.69) is 33.4 Å². The molecule has 0 aliphatic carbocycles. The van der Waals surface area contributed by atoms with Crippen LogP contribution in [0.1, 0.15) is 21.6 Å². The first kappa shape index (κ1) is 20.3. The smallest absolute Gasteiger partial charge is 0.251 e. The maximum absolute atomic E-state index is 12.4. The molecule has 30 heavy (non-hydrogen) atoms. The van der Waals surface area contributed by atoms with Crippen LogP contribution in [0.4, 0.5) is 0 Å². The number of hydrogen-bond donors (Lipinski definition) is 1. The van der Waals surface area contributed by atoms with E-state index in [9.17, 15) is 4.79 Å². The highest BCUT2D eigenvalue weighted by Gasteiger charge is 2.08. The molecule has 4 rings (SSSR count). The summed E-state index contributed by atoms with van der Waals surface area (Å²) in [6.45, 7) is 3.49. The topological polar surface area (TPSA) is 45.2 Å². The molecule has 2 aromatic carbocycles. The van der Waals surface area contributed by atoms with Gasteiger partial charge in [-0.1, -0.05) is 54.1 Å². The first-order valence-corrected chi connectivity index (χ1v) is 10.5. The molecule has 5 heteroatoms. The van der Waals surface area contributed by atoms with Crippen LogP contribution in [0, 0.1) is 0 Å². The molecular weight excluding hydrogens is 394 g/mol. The van der Waals surface area contributed by atoms with Gasteiger partial charge in [-0.15, -0.1) is 0 Å². The lowest BCUT2D eigenvalue weighted by Crippen LogP contribution is -2.25. The molecule has 1 aliphatic rings. The number of aromatic nitrogens is 1. The number of nitrogens with one attached hydrogen (secondary N) is 1. The number of carbonyl (C=O) groups is 1. The second-order valence-electron chi connectivity index (χ2n) is 7.41. The molecule has 2 heterocycles. The van der Waals surface area contributed by atoms with Crippen molar-refractivity contribution in [2.75, 3.05) is 19.6 Å². The summed E-state index contributed by atoms with van der Waals surface area (Å²) in [6.07, 6.45) is 7.02. The van der Waals surface area contributed by atoms with Gasteiger partial charge in [-0.3, -0.25) is 14.7 Å². The molecule has 4 nitrogen and oxygen atoms in total. The van der Waals surface area contributed by atoms with Crippen LogP contribution in [0.2, 0.25) is 5.02 Å². The van der Waals surface area contributed by atoms with Gasteiger partial charge in [-0.05, 0) is 47.0 Å². The van der Waals surface area contributed by atoms with Gasteiger partial charge in [0.25, 0.3) is 5.91 Å². The highest BCUT2D eigenvalue weighted by Crippen LogP contribution is 2.21. The van der Waals surface area contributed by atoms with Gasteiger partial charge in [0.05, 0.1) is 0 Å². The summed E-state index contributed by atoms with van der Waals surface area (Å²) in [5.41, 5.74) is 4.97. The van der Waals surface area contributed by atoms with Crippen molar-refractivity contribution in [3.63, 3.8) is 0 Å². The quantitative estimate of drug-likeness (QED) is 0.564. The second kappa shape index (κ2) is 9.70. The number of carbonyl (C=O) groups excluding carboxylic acids is 1. The third-order valence-corrected chi connectivity index (χ3v) is 5.43. The average Bonchev–Trinajstić information content (AvgIpc) is 3.29. The van der Waals surface area contributed by atoms with E-state index in [1.165, 1.54) is 5.56 Å². The van der Waals surface area contributed by atoms with E-state index in [4.69, 9.17) is 11.6 Å². The van der Waals surface area contributed by atoms with Crippen molar-refractivity contribution >= 4 is 17.5 Å². The third-order valence-electron chi connectivity index (χ3n) is 5.18. The lowest BCUT2D eigenvalue weighted by Gasteiger charge is -2.14. The van der Waals surface area contributed by atoms with Gasteiger partial charge in [-0.2, -0.15) is 0 Å². The van der Waals surface area contributed by atoms with E-state index < -0.39 is 0 Å². The fraction of sp³-hybridized carbons (Fsp3) is 0.200. The normalized spacial score (nSPS) is 13.5. The average molecular weight is 418 g/mol. The van der Waals surface area contributed by atoms with Crippen molar-refractivity contribution in [1.29, 1.82) is 0 Å². The molecule has 0 fully saturated rings. The van der Waals surface area contributed by atoms with Crippen molar-refractivity contribution < 1.29 is 4.79 Å². The van der Waals surface area contributed by atoms with Gasteiger partial charge >= 0.3 is 0 Å². The van der Waals surface area contributed by atoms with E-state index in [0.717, 1.165) is 36.5 Å². The lowest BCUT2D eigenvalue weighted by atomic mass is 10.0. The van der Waals surface area contributed by atoms with Crippen LogP contribution in [-0.4, -0.2) is 35.4 Å². The summed E-state index contributed by atoms with van der Waals surface area (Å²) in [6, 6.07) is 19.4. The second-order valence-corrected chi connectivity index (χ2v) is 7.85. The Morgan fingerprint density at radius 3 is 2.23 bits per heavy atom. The predicted molar refractivity (Wildman–Crippen MR) is 122 cm³/mol. The van der Waals surface area contributed by atoms with Crippen molar-refractivity contribution in [2.45, 2.75) is 13.0 Å². The number of amides is 1. The fourth-order valence-electron chi connectivity index (χ4n) is 3.47. The van der Waals surface area contributed by atoms with Crippen LogP contribution in [-0.2, 0) is 13.0 Å². The summed E-state index contributed by atoms with van der Waals surface area (Å²) in [5.74, 6) is -0.0733. The van der Waals surface area contributed by atoms with Gasteiger partial charge in [0.2, 0.25) is 0 Å². The molecule has 1 aliphatic heterocycles. The van der Waals surface area contributed by atoms with Crippen molar-refractivity contribution in [3.05, 3.63) is 101 Å². The van der Waals surface area contributed by atoms with Gasteiger partial charge < -0.3 is 5.32 Å². The zero-order valence-corrected chi connectivity index (χ0v) is 17.5. The molecule has 3 aromatic rings. The Morgan fingerprint density at radius 1 is 0.933 bits per heavy atom. The molecule has 0 bridgehead atoms. The predicted octanol–water partition coefficient (Wildman–Crippen LogP) is 4.75. The number of nitrogens with zero attached hydrogens (tertiary/aromatic N) is 2. The molecule has 0 saturated carbocycles. The molecule has 0 saturated heterocycles. The number of hydrogen-bond acceptors (Lipinski definition) is 3. The van der Waals surface area contributed by atoms with E-state index >= 15 is 0 Å². The molecule has 152 valence electrons. The molecule has 0 atom stereocenters. The van der Waals surface area contributed by atoms with Crippen LogP contribution in [0.3, 0.4) is 0 Å². The molecule has 0 radical (unpaired) electrons. The first-order chi connectivity index (χ1) is 14.7. The third kappa shape index (κ3) is 5.35. The van der Waals surface area contributed by atoms with Crippen LogP contribution in [0.5, 0.6) is 0 Å². The van der Waals surface area contributed by atoms with Crippen molar-refractivity contribution in [3.8, 4) is 11.1 Å². The minimum absolute atomic E-state index is 0.0733. The van der Waals surface area contributed by atoms with Crippen molar-refractivity contribution in [2.24, 2.45) is 0 Å². The summed E-state index contributed by atoms with van der Waals surface area (Å²) >= 11 is 5.94. The van der Waals surface area contributed by atoms with Crippen LogP contribution >= 0.6 is 11.6 Å². The van der Waals surface area contributed by atoms with E-state index in [-0.39, 0.29) is 5.91 Å². The highest BCUT2D eigenvalue weighted by molar-refractivity contribution is 6.30. The van der Waals surface area contributed by atoms with Gasteiger partial charge in [0.15, 0.2) is 0 Å². The maximum atomic E-state index is 12.4. The van der Waals surface area contributed by atoms with Gasteiger partial charge in [0.1, 0.15) is 0 Å². The molecule has 1 aromatic heterocycles. The van der Waals surface area contributed by atoms with Gasteiger partial charge in [-0.25, -0.2) is 0 Å². The summed E-state index contributed by atoms with van der Waals surface area (Å²) in [7, 11) is 0. The number of benzene rings is 2. The van der Waals surface area contributed by atoms with Crippen LogP contribution < -0.4 is 5.32 Å². The highest BCUT2D eigenvalue weighted by atomic mass is 35.5. The van der Waals surface area contributed by atoms with Crippen LogP contribution in [0.15, 0.2) is 79.0 Å². The van der Waals surface area contributed by atoms with E-state index in [1.54, 1.807) is 0 Å². The Balaban J connectivity index is 1.25. The van der Waals surface area contributed by atoms with Gasteiger partial charge in [0, 0.05) is 55.1 Å². The monoisotopic (exact) mass is 417 g/mol. The molecule has 0 spiro atoms. The molecule has 1 amide bonds. The molecular formula is C25H24ClN3O. The number of halogens is 1. The Morgan fingerprint density at radius 2 is 1.60 bits per heavy atom. The summed E-state index contributed by atoms with van der Waals surface area (Å²) < 4.78 is 0. The Bertz CT molecular complexity index is 1000. The standard InChI is InChI=1S/C25H24ClN3O/c26-23-10-8-21(9-11-23)20-4-6-22(7-5-20)25(30)27-14-13-24-12-3-19(17-28-24)18-29-15-1-2-16-29/h1-12,17H,13-16,18H2,(H,27,30). The Hall–Kier alpha value is -2.95. The van der Waals surface area contributed by atoms with E-state index in [0.29, 0.717) is 23.6 Å². The minimum Gasteiger partial charge on any atom is -0.352 e. The maximum Gasteiger partial charge on any atom is 0.251 e.